The van der Waals surface area contributed by atoms with E-state index in [0.717, 1.165) is 109 Å². The molecule has 0 aliphatic carbocycles. The Balaban J connectivity index is 5.37. The number of likely N-dealkylation sites (N-methyl/N-ethyl adjacent to an activating group) is 1. The summed E-state index contributed by atoms with van der Waals surface area (Å²) in [6.07, 6.45) is 69.4. The lowest BCUT2D eigenvalue weighted by molar-refractivity contribution is -0.870. The summed E-state index contributed by atoms with van der Waals surface area (Å²) in [4.78, 5) is 39.9. The Kier molecular flexibility index (Phi) is 50.2. The van der Waals surface area contributed by atoms with Gasteiger partial charge in [-0.2, -0.15) is 0 Å². The van der Waals surface area contributed by atoms with Gasteiger partial charge in [0.2, 0.25) is 5.91 Å². The Labute approximate surface area is 449 Å². The van der Waals surface area contributed by atoms with Crippen molar-refractivity contribution in [1.82, 2.24) is 5.32 Å². The van der Waals surface area contributed by atoms with Crippen LogP contribution in [0.15, 0.2) is 97.2 Å². The molecule has 0 radical (unpaired) electrons. The largest absolute Gasteiger partial charge is 0.756 e. The van der Waals surface area contributed by atoms with E-state index in [-0.39, 0.29) is 31.3 Å². The van der Waals surface area contributed by atoms with E-state index < -0.39 is 26.6 Å². The highest BCUT2D eigenvalue weighted by Crippen LogP contribution is 2.38. The summed E-state index contributed by atoms with van der Waals surface area (Å²) in [5.41, 5.74) is 0. The van der Waals surface area contributed by atoms with Crippen molar-refractivity contribution in [2.75, 3.05) is 40.9 Å². The number of quaternary nitrogens is 1. The van der Waals surface area contributed by atoms with Crippen molar-refractivity contribution < 1.29 is 37.3 Å². The van der Waals surface area contributed by atoms with Crippen LogP contribution >= 0.6 is 7.82 Å². The molecule has 0 aromatic rings. The minimum absolute atomic E-state index is 0.0346. The number of carbonyl (C=O) groups excluding carboxylic acids is 2. The number of hydrogen-bond donors (Lipinski definition) is 1. The van der Waals surface area contributed by atoms with Crippen LogP contribution in [-0.2, 0) is 27.9 Å². The second-order valence-electron chi connectivity index (χ2n) is 20.8. The minimum atomic E-state index is -4.71. The highest BCUT2D eigenvalue weighted by atomic mass is 31.2. The highest BCUT2D eigenvalue weighted by molar-refractivity contribution is 7.45. The van der Waals surface area contributed by atoms with E-state index in [9.17, 15) is 19.0 Å². The molecule has 3 unspecified atom stereocenters. The molecule has 0 bridgehead atoms. The van der Waals surface area contributed by atoms with Crippen molar-refractivity contribution in [3.8, 4) is 0 Å². The van der Waals surface area contributed by atoms with Gasteiger partial charge in [0.05, 0.1) is 33.8 Å². The number of amides is 1. The molecule has 0 aliphatic heterocycles. The molecule has 420 valence electrons. The van der Waals surface area contributed by atoms with E-state index in [0.29, 0.717) is 23.9 Å². The quantitative estimate of drug-likeness (QED) is 0.0161. The summed E-state index contributed by atoms with van der Waals surface area (Å²) in [5.74, 6) is -0.591. The predicted molar refractivity (Wildman–Crippen MR) is 311 cm³/mol. The second kappa shape index (κ2) is 52.4. The molecule has 1 N–H and O–H groups in total. The maximum Gasteiger partial charge on any atom is 0.306 e. The first-order chi connectivity index (χ1) is 35.4. The van der Waals surface area contributed by atoms with Crippen molar-refractivity contribution in [2.24, 2.45) is 0 Å². The molecule has 10 heteroatoms. The lowest BCUT2D eigenvalue weighted by atomic mass is 10.0. The van der Waals surface area contributed by atoms with Crippen LogP contribution in [0, 0.1) is 0 Å². The van der Waals surface area contributed by atoms with Crippen molar-refractivity contribution in [1.29, 1.82) is 0 Å². The zero-order valence-corrected chi connectivity index (χ0v) is 48.7. The van der Waals surface area contributed by atoms with Crippen LogP contribution in [0.3, 0.4) is 0 Å². The molecule has 0 spiro atoms. The Morgan fingerprint density at radius 2 is 0.932 bits per heavy atom. The van der Waals surface area contributed by atoms with E-state index in [2.05, 4.69) is 105 Å². The van der Waals surface area contributed by atoms with Gasteiger partial charge in [0.25, 0.3) is 7.82 Å². The monoisotopic (exact) mass is 1040 g/mol. The third-order valence-corrected chi connectivity index (χ3v) is 13.5. The zero-order valence-electron chi connectivity index (χ0n) is 47.8. The Morgan fingerprint density at radius 1 is 0.507 bits per heavy atom. The van der Waals surface area contributed by atoms with Crippen LogP contribution < -0.4 is 10.2 Å². The first-order valence-corrected chi connectivity index (χ1v) is 31.0. The van der Waals surface area contributed by atoms with Crippen LogP contribution in [-0.4, -0.2) is 69.4 Å². The van der Waals surface area contributed by atoms with Crippen LogP contribution in [0.4, 0.5) is 0 Å². The van der Waals surface area contributed by atoms with Crippen LogP contribution in [0.1, 0.15) is 239 Å². The van der Waals surface area contributed by atoms with Gasteiger partial charge in [0.15, 0.2) is 0 Å². The molecule has 0 saturated carbocycles. The summed E-state index contributed by atoms with van der Waals surface area (Å²) in [6, 6.07) is -0.912. The van der Waals surface area contributed by atoms with Crippen LogP contribution in [0.5, 0.6) is 0 Å². The van der Waals surface area contributed by atoms with Gasteiger partial charge in [0, 0.05) is 12.8 Å². The Morgan fingerprint density at radius 3 is 1.45 bits per heavy atom. The van der Waals surface area contributed by atoms with E-state index in [1.807, 2.05) is 39.4 Å². The number of carbonyl (C=O) groups is 2. The zero-order chi connectivity index (χ0) is 53.6. The number of esters is 1. The van der Waals surface area contributed by atoms with Gasteiger partial charge < -0.3 is 28.5 Å². The lowest BCUT2D eigenvalue weighted by Crippen LogP contribution is -2.47. The molecule has 3 atom stereocenters. The van der Waals surface area contributed by atoms with Crippen molar-refractivity contribution in [3.63, 3.8) is 0 Å². The van der Waals surface area contributed by atoms with E-state index in [1.165, 1.54) is 83.5 Å². The average Bonchev–Trinajstić information content (AvgIpc) is 3.35. The van der Waals surface area contributed by atoms with Gasteiger partial charge >= 0.3 is 5.97 Å². The Bertz CT molecular complexity index is 1570. The predicted octanol–water partition coefficient (Wildman–Crippen LogP) is 17.4. The lowest BCUT2D eigenvalue weighted by Gasteiger charge is -2.30. The molecular formula is C63H111N2O7P. The minimum Gasteiger partial charge on any atom is -0.756 e. The van der Waals surface area contributed by atoms with Crippen molar-refractivity contribution in [3.05, 3.63) is 97.2 Å². The normalized spacial score (nSPS) is 14.5. The molecule has 73 heavy (non-hydrogen) atoms. The summed E-state index contributed by atoms with van der Waals surface area (Å²) < 4.78 is 30.2. The number of nitrogens with zero attached hydrogens (tertiary/aromatic N) is 1. The molecule has 9 nitrogen and oxygen atoms in total. The maximum atomic E-state index is 13.5. The fourth-order valence-corrected chi connectivity index (χ4v) is 8.70. The summed E-state index contributed by atoms with van der Waals surface area (Å²) >= 11 is 0. The summed E-state index contributed by atoms with van der Waals surface area (Å²) in [6.45, 7) is 6.64. The number of rotatable bonds is 52. The number of allylic oxidation sites excluding steroid dienone is 15. The third kappa shape index (κ3) is 53.6. The second-order valence-corrected chi connectivity index (χ2v) is 22.2. The molecule has 1 amide bonds. The van der Waals surface area contributed by atoms with Gasteiger partial charge in [-0.3, -0.25) is 14.2 Å². The summed E-state index contributed by atoms with van der Waals surface area (Å²) in [7, 11) is 1.14. The maximum absolute atomic E-state index is 13.5. The standard InChI is InChI=1S/C63H111N2O7P/c1-7-10-13-16-19-22-25-28-29-30-31-32-33-34-35-38-41-44-47-50-53-56-63(67)72-61(54-51-48-45-42-39-36-26-23-20-17-14-11-8-2)60(59-71-73(68,69)70-58-57-65(4,5)6)64-62(66)55-52-49-46-43-40-37-27-24-21-18-15-12-9-3/h12,15,18-19,21-22,24,27-29,31-32,34-35,51,54,60-61H,7-11,13-14,16-17,20,23,25-26,30,33,36-50,52-53,55-59H2,1-6H3,(H-,64,66,68,69)/b15-12+,21-18+,22-19-,27-24-,29-28-,32-31-,35-34-,54-51-. The molecule has 0 aliphatic rings. The number of phosphoric ester groups is 1. The van der Waals surface area contributed by atoms with Gasteiger partial charge in [-0.25, -0.2) is 0 Å². The molecule has 0 aromatic heterocycles. The summed E-state index contributed by atoms with van der Waals surface area (Å²) in [5, 5.41) is 3.00. The number of phosphoric acid groups is 1. The first kappa shape index (κ1) is 69.9. The number of unbranched alkanes of at least 4 members (excludes halogenated alkanes) is 24. The highest BCUT2D eigenvalue weighted by Gasteiger charge is 2.27. The average molecular weight is 1040 g/mol. The first-order valence-electron chi connectivity index (χ1n) is 29.6. The van der Waals surface area contributed by atoms with E-state index >= 15 is 0 Å². The number of hydrogen-bond acceptors (Lipinski definition) is 7. The van der Waals surface area contributed by atoms with Gasteiger partial charge in [-0.15, -0.1) is 0 Å². The van der Waals surface area contributed by atoms with Gasteiger partial charge in [0.1, 0.15) is 19.3 Å². The van der Waals surface area contributed by atoms with Gasteiger partial charge in [-0.05, 0) is 96.0 Å². The van der Waals surface area contributed by atoms with Crippen LogP contribution in [0.25, 0.3) is 0 Å². The van der Waals surface area contributed by atoms with Crippen LogP contribution in [0.2, 0.25) is 0 Å². The van der Waals surface area contributed by atoms with Crippen molar-refractivity contribution >= 4 is 19.7 Å². The number of ether oxygens (including phenoxy) is 1. The van der Waals surface area contributed by atoms with E-state index in [1.54, 1.807) is 0 Å². The number of nitrogens with one attached hydrogen (secondary N) is 1. The SMILES string of the molecule is CC/C=C/C=C/C=C\CCCCCCCC(=O)NC(COP(=O)([O-])OCC[N+](C)(C)C)C(/C=C\CCCCCCCCCCCCC)OC(=O)CCCCCCC/C=C\C/C=C\C/C=C\C/C=C\CCCCC. The fourth-order valence-electron chi connectivity index (χ4n) is 7.97. The van der Waals surface area contributed by atoms with Crippen molar-refractivity contribution in [2.45, 2.75) is 251 Å². The molecular weight excluding hydrogens is 928 g/mol. The van der Waals surface area contributed by atoms with E-state index in [4.69, 9.17) is 13.8 Å². The van der Waals surface area contributed by atoms with Gasteiger partial charge in [-0.1, -0.05) is 227 Å². The molecule has 0 aromatic carbocycles. The molecule has 0 saturated heterocycles. The molecule has 0 rings (SSSR count). The third-order valence-electron chi connectivity index (χ3n) is 12.6. The Hall–Kier alpha value is -3.07. The topological polar surface area (TPSA) is 114 Å². The molecule has 0 heterocycles. The smallest absolute Gasteiger partial charge is 0.306 e. The fraction of sp³-hybridized carbons (Fsp3) is 0.714. The molecule has 0 fully saturated rings.